The number of hydrogen-bond acceptors (Lipinski definition) is 8. The van der Waals surface area contributed by atoms with E-state index >= 15 is 0 Å². The first-order valence-corrected chi connectivity index (χ1v) is 12.3. The van der Waals surface area contributed by atoms with Crippen LogP contribution in [0.15, 0.2) is 36.4 Å². The molecule has 4 rings (SSSR count). The number of hydrogen-bond donors (Lipinski definition) is 1. The van der Waals surface area contributed by atoms with Crippen LogP contribution in [-0.2, 0) is 23.9 Å². The lowest BCUT2D eigenvalue weighted by Gasteiger charge is -2.27. The normalized spacial score (nSPS) is 17.3. The fourth-order valence-electron chi connectivity index (χ4n) is 3.58. The van der Waals surface area contributed by atoms with Crippen LogP contribution < -0.4 is 9.80 Å². The number of ether oxygens (including phenoxy) is 2. The molecule has 0 unspecified atom stereocenters. The second-order valence-corrected chi connectivity index (χ2v) is 9.78. The van der Waals surface area contributed by atoms with Crippen LogP contribution in [0.1, 0.15) is 35.9 Å². The third kappa shape index (κ3) is 7.61. The number of carboxylic acid groups (broad SMARTS) is 1. The number of benzene rings is 1. The molecule has 0 spiro atoms. The average Bonchev–Trinajstić information content (AvgIpc) is 3.43. The number of anilines is 2. The Bertz CT molecular complexity index is 1120. The largest absolute Gasteiger partial charge is 0.481 e. The lowest BCUT2D eigenvalue weighted by atomic mass is 10.1. The van der Waals surface area contributed by atoms with E-state index < -0.39 is 12.1 Å². The van der Waals surface area contributed by atoms with Gasteiger partial charge < -0.3 is 19.5 Å². The Labute approximate surface area is 216 Å². The van der Waals surface area contributed by atoms with Crippen molar-refractivity contribution >= 4 is 63.8 Å². The van der Waals surface area contributed by atoms with Crippen molar-refractivity contribution in [1.29, 1.82) is 0 Å². The second-order valence-electron chi connectivity index (χ2n) is 8.07. The summed E-state index contributed by atoms with van der Waals surface area (Å²) in [5.41, 5.74) is 1.46. The lowest BCUT2D eigenvalue weighted by molar-refractivity contribution is -0.139. The van der Waals surface area contributed by atoms with E-state index in [4.69, 9.17) is 26.2 Å². The van der Waals surface area contributed by atoms with Gasteiger partial charge >= 0.3 is 12.1 Å². The molecule has 0 aliphatic carbocycles. The van der Waals surface area contributed by atoms with Gasteiger partial charge in [0, 0.05) is 24.3 Å². The number of amides is 2. The summed E-state index contributed by atoms with van der Waals surface area (Å²) in [7, 11) is 0. The Morgan fingerprint density at radius 3 is 2.28 bits per heavy atom. The van der Waals surface area contributed by atoms with Crippen LogP contribution >= 0.6 is 22.9 Å². The number of morpholine rings is 1. The molecule has 192 valence electrons. The van der Waals surface area contributed by atoms with Gasteiger partial charge in [-0.05, 0) is 49.7 Å². The van der Waals surface area contributed by atoms with E-state index in [0.29, 0.717) is 47.4 Å². The van der Waals surface area contributed by atoms with Gasteiger partial charge in [0.05, 0.1) is 22.4 Å². The monoisotopic (exact) mass is 536 g/mol. The van der Waals surface area contributed by atoms with Crippen LogP contribution in [0.25, 0.3) is 0 Å². The summed E-state index contributed by atoms with van der Waals surface area (Å²) in [6.45, 7) is 2.72. The first-order valence-electron chi connectivity index (χ1n) is 11.1. The highest BCUT2D eigenvalue weighted by Crippen LogP contribution is 2.28. The van der Waals surface area contributed by atoms with Gasteiger partial charge in [0.2, 0.25) is 0 Å². The number of carbonyl (C=O) groups is 5. The second kappa shape index (κ2) is 12.6. The quantitative estimate of drug-likeness (QED) is 0.398. The number of carbonyl (C=O) groups excluding carboxylic acids is 4. The first-order chi connectivity index (χ1) is 17.1. The average molecular weight is 537 g/mol. The van der Waals surface area contributed by atoms with Gasteiger partial charge in [0.25, 0.3) is 5.91 Å². The summed E-state index contributed by atoms with van der Waals surface area (Å²) in [5.74, 6) is -1.46. The van der Waals surface area contributed by atoms with Crippen molar-refractivity contribution in [2.45, 2.75) is 32.3 Å². The molecule has 2 aromatic rings. The maximum atomic E-state index is 12.3. The van der Waals surface area contributed by atoms with Crippen molar-refractivity contribution in [3.63, 3.8) is 0 Å². The maximum absolute atomic E-state index is 12.3. The van der Waals surface area contributed by atoms with Crippen LogP contribution in [0.3, 0.4) is 0 Å². The molecule has 0 saturated carbocycles. The molecule has 2 aliphatic rings. The number of carboxylic acids is 1. The third-order valence-corrected chi connectivity index (χ3v) is 6.55. The number of nitrogens with zero attached hydrogens (tertiary/aromatic N) is 2. The highest BCUT2D eigenvalue weighted by atomic mass is 35.5. The standard InChI is InChI=1S/C20H19ClN2O5S.C4H6O3/c21-18-8-7-17(29-18)16(24)6-5-15-11-23(20(26)28-15)14-3-1-13(2-4-14)22-9-10-27-12-19(22)25;1-3(5)2-4(6)7/h1-4,7-8,15H,5-6,9-12H2;2H2,1H3,(H,6,7)/t15-;/m0./s1. The van der Waals surface area contributed by atoms with E-state index in [2.05, 4.69) is 0 Å². The maximum Gasteiger partial charge on any atom is 0.414 e. The van der Waals surface area contributed by atoms with Crippen LogP contribution in [0.2, 0.25) is 4.34 Å². The number of cyclic esters (lactones) is 1. The van der Waals surface area contributed by atoms with Gasteiger partial charge in [0.1, 0.15) is 24.9 Å². The predicted octanol–water partition coefficient (Wildman–Crippen LogP) is 3.80. The predicted molar refractivity (Wildman–Crippen MR) is 133 cm³/mol. The first kappa shape index (κ1) is 27.3. The SMILES string of the molecule is CC(=O)CC(=O)O.O=C(CC[C@H]1CN(c2ccc(N3CCOCC3=O)cc2)C(=O)O1)c1ccc(Cl)s1. The van der Waals surface area contributed by atoms with E-state index in [0.717, 1.165) is 5.69 Å². The highest BCUT2D eigenvalue weighted by Gasteiger charge is 2.33. The van der Waals surface area contributed by atoms with Crippen molar-refractivity contribution in [2.24, 2.45) is 0 Å². The van der Waals surface area contributed by atoms with Gasteiger partial charge in [0.15, 0.2) is 5.78 Å². The molecule has 2 amide bonds. The van der Waals surface area contributed by atoms with E-state index in [1.54, 1.807) is 34.1 Å². The van der Waals surface area contributed by atoms with E-state index in [9.17, 15) is 24.0 Å². The topological polar surface area (TPSA) is 131 Å². The Morgan fingerprint density at radius 2 is 1.75 bits per heavy atom. The van der Waals surface area contributed by atoms with Gasteiger partial charge in [-0.3, -0.25) is 24.1 Å². The minimum Gasteiger partial charge on any atom is -0.481 e. The summed E-state index contributed by atoms with van der Waals surface area (Å²) in [6.07, 6.45) is -0.392. The van der Waals surface area contributed by atoms with Crippen molar-refractivity contribution in [1.82, 2.24) is 0 Å². The zero-order valence-corrected chi connectivity index (χ0v) is 21.0. The Morgan fingerprint density at radius 1 is 1.08 bits per heavy atom. The fourth-order valence-corrected chi connectivity index (χ4v) is 4.59. The molecule has 0 radical (unpaired) electrons. The number of aliphatic carboxylic acids is 1. The van der Waals surface area contributed by atoms with Crippen LogP contribution in [0.4, 0.5) is 16.2 Å². The smallest absolute Gasteiger partial charge is 0.414 e. The summed E-state index contributed by atoms with van der Waals surface area (Å²) >= 11 is 7.12. The minimum absolute atomic E-state index is 0.00377. The summed E-state index contributed by atoms with van der Waals surface area (Å²) in [5, 5.41) is 7.86. The number of thiophene rings is 1. The minimum atomic E-state index is -1.06. The number of Topliss-reactive ketones (excluding diaryl/α,β-unsaturated/α-hetero) is 2. The Hall–Kier alpha value is -3.28. The molecule has 1 atom stereocenters. The Kier molecular flexibility index (Phi) is 9.57. The molecule has 1 aromatic heterocycles. The molecular weight excluding hydrogens is 512 g/mol. The van der Waals surface area contributed by atoms with Crippen molar-refractivity contribution in [3.05, 3.63) is 45.6 Å². The zero-order chi connectivity index (χ0) is 26.2. The number of rotatable bonds is 8. The fraction of sp³-hybridized carbons (Fsp3) is 0.375. The van der Waals surface area contributed by atoms with Crippen molar-refractivity contribution in [2.75, 3.05) is 36.1 Å². The summed E-state index contributed by atoms with van der Waals surface area (Å²) in [4.78, 5) is 59.7. The molecule has 10 nitrogen and oxygen atoms in total. The molecule has 0 bridgehead atoms. The molecule has 36 heavy (non-hydrogen) atoms. The van der Waals surface area contributed by atoms with Gasteiger partial charge in [-0.1, -0.05) is 11.6 Å². The summed E-state index contributed by atoms with van der Waals surface area (Å²) < 4.78 is 11.1. The third-order valence-electron chi connectivity index (χ3n) is 5.27. The van der Waals surface area contributed by atoms with Gasteiger partial charge in [-0.15, -0.1) is 11.3 Å². The molecule has 1 aromatic carbocycles. The molecule has 2 fully saturated rings. The van der Waals surface area contributed by atoms with Gasteiger partial charge in [-0.2, -0.15) is 0 Å². The van der Waals surface area contributed by atoms with Crippen LogP contribution in [-0.4, -0.2) is 67.0 Å². The number of halogens is 1. The lowest BCUT2D eigenvalue weighted by Crippen LogP contribution is -2.41. The molecule has 2 saturated heterocycles. The van der Waals surface area contributed by atoms with Gasteiger partial charge in [-0.25, -0.2) is 4.79 Å². The molecule has 2 aliphatic heterocycles. The van der Waals surface area contributed by atoms with E-state index in [1.807, 2.05) is 12.1 Å². The van der Waals surface area contributed by atoms with Crippen molar-refractivity contribution < 1.29 is 38.6 Å². The van der Waals surface area contributed by atoms with Crippen LogP contribution in [0.5, 0.6) is 0 Å². The zero-order valence-electron chi connectivity index (χ0n) is 19.5. The van der Waals surface area contributed by atoms with Crippen molar-refractivity contribution in [3.8, 4) is 0 Å². The molecular formula is C24H25ClN2O8S. The Balaban J connectivity index is 0.000000454. The summed E-state index contributed by atoms with van der Waals surface area (Å²) in [6, 6.07) is 10.6. The van der Waals surface area contributed by atoms with E-state index in [-0.39, 0.29) is 36.6 Å². The van der Waals surface area contributed by atoms with E-state index in [1.165, 1.54) is 18.3 Å². The molecule has 3 heterocycles. The van der Waals surface area contributed by atoms with Crippen LogP contribution in [0, 0.1) is 0 Å². The number of ketones is 2. The molecule has 12 heteroatoms. The highest BCUT2D eigenvalue weighted by molar-refractivity contribution is 7.18. The molecule has 1 N–H and O–H groups in total.